The maximum atomic E-state index is 11.5. The Labute approximate surface area is 129 Å². The molecular formula is C18H17NOS. The lowest BCUT2D eigenvalue weighted by Gasteiger charge is -2.07. The lowest BCUT2D eigenvalue weighted by atomic mass is 10.0. The summed E-state index contributed by atoms with van der Waals surface area (Å²) >= 11 is 1.39. The molecule has 0 atom stereocenters. The third-order valence-corrected chi connectivity index (χ3v) is 4.33. The van der Waals surface area contributed by atoms with Gasteiger partial charge in [-0.25, -0.2) is 0 Å². The molecule has 1 amide bonds. The highest BCUT2D eigenvalue weighted by Crippen LogP contribution is 2.21. The highest BCUT2D eigenvalue weighted by atomic mass is 32.2. The van der Waals surface area contributed by atoms with Crippen molar-refractivity contribution in [1.29, 1.82) is 0 Å². The van der Waals surface area contributed by atoms with E-state index in [1.807, 2.05) is 12.3 Å². The molecule has 0 N–H and O–H groups in total. The number of allylic oxidation sites excluding steroid dienone is 1. The molecule has 1 fully saturated rings. The number of rotatable bonds is 4. The van der Waals surface area contributed by atoms with Crippen LogP contribution < -0.4 is 0 Å². The first-order valence-electron chi connectivity index (χ1n) is 7.07. The second-order valence-electron chi connectivity index (χ2n) is 4.96. The van der Waals surface area contributed by atoms with E-state index in [1.54, 1.807) is 4.90 Å². The van der Waals surface area contributed by atoms with Crippen molar-refractivity contribution in [2.45, 2.75) is 6.42 Å². The number of hydrogen-bond acceptors (Lipinski definition) is 2. The van der Waals surface area contributed by atoms with Crippen molar-refractivity contribution in [3.63, 3.8) is 0 Å². The van der Waals surface area contributed by atoms with Crippen LogP contribution >= 0.6 is 11.8 Å². The minimum atomic E-state index is 0.157. The minimum Gasteiger partial charge on any atom is -0.309 e. The van der Waals surface area contributed by atoms with Crippen LogP contribution in [-0.4, -0.2) is 22.4 Å². The van der Waals surface area contributed by atoms with Crippen LogP contribution in [0, 0.1) is 0 Å². The molecular weight excluding hydrogens is 278 g/mol. The summed E-state index contributed by atoms with van der Waals surface area (Å²) in [4.78, 5) is 13.3. The average Bonchev–Trinajstić information content (AvgIpc) is 2.94. The quantitative estimate of drug-likeness (QED) is 0.823. The van der Waals surface area contributed by atoms with Gasteiger partial charge in [-0.3, -0.25) is 4.79 Å². The molecule has 0 bridgehead atoms. The molecule has 1 saturated heterocycles. The van der Waals surface area contributed by atoms with Gasteiger partial charge in [-0.2, -0.15) is 0 Å². The fourth-order valence-electron chi connectivity index (χ4n) is 2.37. The van der Waals surface area contributed by atoms with Crippen molar-refractivity contribution in [2.24, 2.45) is 0 Å². The van der Waals surface area contributed by atoms with Gasteiger partial charge in [-0.1, -0.05) is 72.4 Å². The van der Waals surface area contributed by atoms with Crippen LogP contribution in [0.3, 0.4) is 0 Å². The summed E-state index contributed by atoms with van der Waals surface area (Å²) in [5.74, 6) is 0.896. The molecule has 2 aromatic carbocycles. The van der Waals surface area contributed by atoms with E-state index in [-0.39, 0.29) is 5.24 Å². The van der Waals surface area contributed by atoms with Crippen LogP contribution in [0.5, 0.6) is 0 Å². The number of amides is 1. The molecule has 0 saturated carbocycles. The standard InChI is InChI=1S/C18H17NOS/c20-18-19(12-13-21-18)11-5-7-15-6-4-10-17(14-15)16-8-2-1-3-9-16/h1-6,8-11,14H,7,12-13H2/b11-5+. The molecule has 0 aromatic heterocycles. The van der Waals surface area contributed by atoms with Gasteiger partial charge in [0.1, 0.15) is 0 Å². The fourth-order valence-corrected chi connectivity index (χ4v) is 3.15. The Bertz CT molecular complexity index is 651. The summed E-state index contributed by atoms with van der Waals surface area (Å²) in [6.45, 7) is 0.823. The third-order valence-electron chi connectivity index (χ3n) is 3.47. The zero-order chi connectivity index (χ0) is 14.5. The number of hydrogen-bond donors (Lipinski definition) is 0. The molecule has 2 aromatic rings. The van der Waals surface area contributed by atoms with E-state index < -0.39 is 0 Å². The molecule has 21 heavy (non-hydrogen) atoms. The summed E-state index contributed by atoms with van der Waals surface area (Å²) in [6, 6.07) is 18.9. The topological polar surface area (TPSA) is 20.3 Å². The van der Waals surface area contributed by atoms with Crippen LogP contribution in [0.1, 0.15) is 5.56 Å². The van der Waals surface area contributed by atoms with Crippen LogP contribution in [0.15, 0.2) is 66.9 Å². The summed E-state index contributed by atoms with van der Waals surface area (Å²) in [5.41, 5.74) is 3.72. The highest BCUT2D eigenvalue weighted by Gasteiger charge is 2.17. The number of thioether (sulfide) groups is 1. The zero-order valence-corrected chi connectivity index (χ0v) is 12.6. The van der Waals surface area contributed by atoms with Crippen molar-refractivity contribution >= 4 is 17.0 Å². The van der Waals surface area contributed by atoms with E-state index in [0.717, 1.165) is 18.7 Å². The molecule has 2 nitrogen and oxygen atoms in total. The predicted octanol–water partition coefficient (Wildman–Crippen LogP) is 4.58. The molecule has 0 unspecified atom stereocenters. The van der Waals surface area contributed by atoms with Crippen molar-refractivity contribution in [3.05, 3.63) is 72.4 Å². The number of carbonyl (C=O) groups is 1. The predicted molar refractivity (Wildman–Crippen MR) is 89.3 cm³/mol. The summed E-state index contributed by atoms with van der Waals surface area (Å²) in [5, 5.41) is 0.157. The van der Waals surface area contributed by atoms with E-state index in [1.165, 1.54) is 28.5 Å². The Morgan fingerprint density at radius 2 is 1.86 bits per heavy atom. The largest absolute Gasteiger partial charge is 0.309 e. The van der Waals surface area contributed by atoms with E-state index in [9.17, 15) is 4.79 Å². The Kier molecular flexibility index (Phi) is 4.41. The smallest absolute Gasteiger partial charge is 0.285 e. The number of benzene rings is 2. The first-order valence-corrected chi connectivity index (χ1v) is 8.06. The van der Waals surface area contributed by atoms with Crippen molar-refractivity contribution in [3.8, 4) is 11.1 Å². The van der Waals surface area contributed by atoms with Gasteiger partial charge < -0.3 is 4.90 Å². The van der Waals surface area contributed by atoms with E-state index in [2.05, 4.69) is 54.6 Å². The number of carbonyl (C=O) groups excluding carboxylic acids is 1. The van der Waals surface area contributed by atoms with Gasteiger partial charge in [-0.15, -0.1) is 0 Å². The molecule has 0 aliphatic carbocycles. The molecule has 1 heterocycles. The monoisotopic (exact) mass is 295 g/mol. The molecule has 3 rings (SSSR count). The Balaban J connectivity index is 1.69. The SMILES string of the molecule is O=C1SCCN1/C=C/Cc1cccc(-c2ccccc2)c1. The molecule has 3 heteroatoms. The molecule has 1 aliphatic heterocycles. The summed E-state index contributed by atoms with van der Waals surface area (Å²) < 4.78 is 0. The van der Waals surface area contributed by atoms with Crippen LogP contribution in [0.25, 0.3) is 11.1 Å². The first kappa shape index (κ1) is 14.0. The van der Waals surface area contributed by atoms with E-state index in [4.69, 9.17) is 0 Å². The Hall–Kier alpha value is -2.00. The van der Waals surface area contributed by atoms with Gasteiger partial charge in [0.15, 0.2) is 0 Å². The maximum absolute atomic E-state index is 11.5. The van der Waals surface area contributed by atoms with Crippen molar-refractivity contribution < 1.29 is 4.79 Å². The fraction of sp³-hybridized carbons (Fsp3) is 0.167. The average molecular weight is 295 g/mol. The molecule has 0 radical (unpaired) electrons. The molecule has 1 aliphatic rings. The van der Waals surface area contributed by atoms with Crippen molar-refractivity contribution in [1.82, 2.24) is 4.90 Å². The lowest BCUT2D eigenvalue weighted by molar-refractivity contribution is 0.243. The second-order valence-corrected chi connectivity index (χ2v) is 6.01. The zero-order valence-electron chi connectivity index (χ0n) is 11.7. The first-order chi connectivity index (χ1) is 10.3. The van der Waals surface area contributed by atoms with Gasteiger partial charge in [0, 0.05) is 18.5 Å². The van der Waals surface area contributed by atoms with E-state index in [0.29, 0.717) is 0 Å². The van der Waals surface area contributed by atoms with E-state index >= 15 is 0 Å². The van der Waals surface area contributed by atoms with Gasteiger partial charge in [0.05, 0.1) is 0 Å². The molecule has 106 valence electrons. The van der Waals surface area contributed by atoms with Gasteiger partial charge >= 0.3 is 0 Å². The van der Waals surface area contributed by atoms with Gasteiger partial charge in [0.25, 0.3) is 5.24 Å². The third kappa shape index (κ3) is 3.56. The lowest BCUT2D eigenvalue weighted by Crippen LogP contribution is -2.15. The van der Waals surface area contributed by atoms with Crippen LogP contribution in [0.2, 0.25) is 0 Å². The summed E-state index contributed by atoms with van der Waals surface area (Å²) in [6.07, 6.45) is 4.82. The summed E-state index contributed by atoms with van der Waals surface area (Å²) in [7, 11) is 0. The van der Waals surface area contributed by atoms with Gasteiger partial charge in [0.2, 0.25) is 0 Å². The second kappa shape index (κ2) is 6.64. The Morgan fingerprint density at radius 3 is 2.62 bits per heavy atom. The normalized spacial score (nSPS) is 15.0. The number of nitrogens with zero attached hydrogens (tertiary/aromatic N) is 1. The van der Waals surface area contributed by atoms with Crippen molar-refractivity contribution in [2.75, 3.05) is 12.3 Å². The van der Waals surface area contributed by atoms with Crippen LogP contribution in [-0.2, 0) is 6.42 Å². The Morgan fingerprint density at radius 1 is 1.05 bits per heavy atom. The maximum Gasteiger partial charge on any atom is 0.285 e. The highest BCUT2D eigenvalue weighted by molar-refractivity contribution is 8.13. The minimum absolute atomic E-state index is 0.157. The van der Waals surface area contributed by atoms with Crippen LogP contribution in [0.4, 0.5) is 4.79 Å². The molecule has 0 spiro atoms. The van der Waals surface area contributed by atoms with Gasteiger partial charge in [-0.05, 0) is 23.1 Å².